The van der Waals surface area contributed by atoms with Gasteiger partial charge < -0.3 is 16.2 Å². The molecule has 2 aromatic rings. The number of amidine groups is 1. The lowest BCUT2D eigenvalue weighted by atomic mass is 9.65. The zero-order valence-electron chi connectivity index (χ0n) is 19.0. The molecule has 4 rings (SSSR count). The number of rotatable bonds is 3. The normalized spacial score (nSPS) is 21.3. The molecule has 0 radical (unpaired) electrons. The van der Waals surface area contributed by atoms with Crippen LogP contribution in [0.4, 0.5) is 11.4 Å². The van der Waals surface area contributed by atoms with Gasteiger partial charge in [-0.3, -0.25) is 4.79 Å². The average molecular weight is 490 g/mol. The Morgan fingerprint density at radius 3 is 2.48 bits per heavy atom. The first-order valence-electron chi connectivity index (χ1n) is 10.4. The standard InChI is InChI=1S/C24H27N3O4S.ClH/c1-23(2,3)11-12-24(4)16-8-6-5-7-15(16)20(28)19(21(24)29)22-26-17-10-9-14(25)13-18(17)32(30,31)27-22;/h5-10,13,28H,11-12,25H2,1-4H3,(H,26,27);1H/t24-;/m1./s1. The van der Waals surface area contributed by atoms with Crippen molar-refractivity contribution in [2.75, 3.05) is 11.1 Å². The number of ketones is 1. The van der Waals surface area contributed by atoms with Crippen molar-refractivity contribution in [3.8, 4) is 0 Å². The summed E-state index contributed by atoms with van der Waals surface area (Å²) in [6.07, 6.45) is 1.30. The summed E-state index contributed by atoms with van der Waals surface area (Å²) >= 11 is 0. The number of aliphatic hydroxyl groups is 1. The number of fused-ring (bicyclic) bond motifs is 2. The first-order chi connectivity index (χ1) is 14.8. The van der Waals surface area contributed by atoms with E-state index in [0.717, 1.165) is 12.0 Å². The summed E-state index contributed by atoms with van der Waals surface area (Å²) in [5, 5.41) is 14.0. The van der Waals surface area contributed by atoms with E-state index in [9.17, 15) is 18.3 Å². The largest absolute Gasteiger partial charge is 0.506 e. The van der Waals surface area contributed by atoms with E-state index >= 15 is 0 Å². The van der Waals surface area contributed by atoms with Crippen molar-refractivity contribution in [2.24, 2.45) is 9.81 Å². The summed E-state index contributed by atoms with van der Waals surface area (Å²) in [6.45, 7) is 8.15. The van der Waals surface area contributed by atoms with Crippen LogP contribution in [-0.4, -0.2) is 25.1 Å². The van der Waals surface area contributed by atoms with Crippen molar-refractivity contribution in [2.45, 2.75) is 50.8 Å². The highest BCUT2D eigenvalue weighted by Crippen LogP contribution is 2.45. The van der Waals surface area contributed by atoms with Gasteiger partial charge in [-0.2, -0.15) is 8.42 Å². The van der Waals surface area contributed by atoms with Crippen molar-refractivity contribution < 1.29 is 18.3 Å². The van der Waals surface area contributed by atoms with Gasteiger partial charge in [0.25, 0.3) is 10.0 Å². The van der Waals surface area contributed by atoms with Crippen LogP contribution in [0.25, 0.3) is 5.76 Å². The molecule has 0 aromatic heterocycles. The third-order valence-corrected chi connectivity index (χ3v) is 7.42. The number of carbonyl (C=O) groups excluding carboxylic acids is 1. The van der Waals surface area contributed by atoms with Crippen LogP contribution in [0, 0.1) is 5.41 Å². The Kier molecular flexibility index (Phi) is 6.15. The lowest BCUT2D eigenvalue weighted by molar-refractivity contribution is -0.120. The predicted octanol–water partition coefficient (Wildman–Crippen LogP) is 4.84. The Morgan fingerprint density at radius 2 is 1.82 bits per heavy atom. The van der Waals surface area contributed by atoms with Crippen LogP contribution in [0.3, 0.4) is 0 Å². The minimum Gasteiger partial charge on any atom is -0.506 e. The summed E-state index contributed by atoms with van der Waals surface area (Å²) in [6, 6.07) is 11.6. The summed E-state index contributed by atoms with van der Waals surface area (Å²) in [4.78, 5) is 13.8. The Morgan fingerprint density at radius 1 is 1.15 bits per heavy atom. The maximum atomic E-state index is 13.9. The van der Waals surface area contributed by atoms with Crippen molar-refractivity contribution in [1.82, 2.24) is 0 Å². The molecule has 1 atom stereocenters. The van der Waals surface area contributed by atoms with Gasteiger partial charge in [-0.25, -0.2) is 0 Å². The lowest BCUT2D eigenvalue weighted by Gasteiger charge is -2.37. The van der Waals surface area contributed by atoms with Crippen LogP contribution in [-0.2, 0) is 20.2 Å². The molecule has 0 spiro atoms. The fourth-order valence-corrected chi connectivity index (χ4v) is 5.35. The first kappa shape index (κ1) is 24.8. The Bertz CT molecular complexity index is 1310. The van der Waals surface area contributed by atoms with E-state index in [1.54, 1.807) is 18.2 Å². The summed E-state index contributed by atoms with van der Waals surface area (Å²) in [5.41, 5.74) is 6.43. The monoisotopic (exact) mass is 489 g/mol. The third kappa shape index (κ3) is 4.25. The number of nitrogens with two attached hydrogens (primary N) is 1. The molecule has 1 heterocycles. The smallest absolute Gasteiger partial charge is 0.286 e. The number of Topliss-reactive ketones (excluding diaryl/α,β-unsaturated/α-hetero) is 1. The van der Waals surface area contributed by atoms with Crippen LogP contribution in [0.15, 0.2) is 57.3 Å². The molecule has 1 aliphatic carbocycles. The number of nitrogens with zero attached hydrogens (tertiary/aromatic N) is 1. The molecule has 176 valence electrons. The molecule has 0 unspecified atom stereocenters. The molecule has 2 aromatic carbocycles. The van der Waals surface area contributed by atoms with E-state index in [4.69, 9.17) is 5.73 Å². The number of anilines is 2. The van der Waals surface area contributed by atoms with Crippen molar-refractivity contribution in [3.05, 3.63) is 59.2 Å². The molecular formula is C24H28ClN3O4S. The molecule has 0 saturated heterocycles. The van der Waals surface area contributed by atoms with Crippen LogP contribution in [0.1, 0.15) is 51.7 Å². The number of benzene rings is 2. The van der Waals surface area contributed by atoms with Crippen molar-refractivity contribution in [3.63, 3.8) is 0 Å². The minimum atomic E-state index is -4.11. The topological polar surface area (TPSA) is 122 Å². The number of halogens is 1. The molecular weight excluding hydrogens is 462 g/mol. The highest BCUT2D eigenvalue weighted by Gasteiger charge is 2.46. The van der Waals surface area contributed by atoms with E-state index in [-0.39, 0.29) is 57.0 Å². The second-order valence-corrected chi connectivity index (χ2v) is 11.4. The number of nitrogens with one attached hydrogen (secondary N) is 1. The number of carbonyl (C=O) groups is 1. The van der Waals surface area contributed by atoms with Crippen LogP contribution >= 0.6 is 12.4 Å². The van der Waals surface area contributed by atoms with E-state index in [0.29, 0.717) is 12.0 Å². The molecule has 1 aliphatic heterocycles. The number of nitrogen functional groups attached to an aromatic ring is 1. The molecule has 2 aliphatic rings. The number of aliphatic hydroxyl groups excluding tert-OH is 1. The van der Waals surface area contributed by atoms with Gasteiger partial charge in [-0.15, -0.1) is 16.8 Å². The summed E-state index contributed by atoms with van der Waals surface area (Å²) < 4.78 is 29.6. The average Bonchev–Trinajstić information content (AvgIpc) is 2.71. The Balaban J connectivity index is 0.00000306. The fourth-order valence-electron chi connectivity index (χ4n) is 4.19. The highest BCUT2D eigenvalue weighted by molar-refractivity contribution is 7.90. The van der Waals surface area contributed by atoms with E-state index in [1.807, 2.05) is 19.1 Å². The van der Waals surface area contributed by atoms with Gasteiger partial charge in [0.15, 0.2) is 11.6 Å². The molecule has 9 heteroatoms. The van der Waals surface area contributed by atoms with Gasteiger partial charge in [-0.05, 0) is 48.9 Å². The number of hydrogen-bond acceptors (Lipinski definition) is 6. The zero-order chi connectivity index (χ0) is 23.5. The second kappa shape index (κ2) is 8.18. The molecule has 0 fully saturated rings. The lowest BCUT2D eigenvalue weighted by Crippen LogP contribution is -2.42. The molecule has 33 heavy (non-hydrogen) atoms. The Labute approximate surface area is 200 Å². The predicted molar refractivity (Wildman–Crippen MR) is 133 cm³/mol. The molecule has 0 amide bonds. The first-order valence-corrected chi connectivity index (χ1v) is 11.9. The molecule has 4 N–H and O–H groups in total. The maximum Gasteiger partial charge on any atom is 0.286 e. The second-order valence-electron chi connectivity index (χ2n) is 9.79. The molecule has 7 nitrogen and oxygen atoms in total. The van der Waals surface area contributed by atoms with Crippen LogP contribution < -0.4 is 11.1 Å². The van der Waals surface area contributed by atoms with Crippen LogP contribution in [0.5, 0.6) is 0 Å². The third-order valence-electron chi connectivity index (χ3n) is 6.10. The van der Waals surface area contributed by atoms with Crippen molar-refractivity contribution >= 4 is 51.2 Å². The van der Waals surface area contributed by atoms with E-state index in [1.165, 1.54) is 12.1 Å². The van der Waals surface area contributed by atoms with Crippen molar-refractivity contribution in [1.29, 1.82) is 0 Å². The zero-order valence-corrected chi connectivity index (χ0v) is 20.6. The van der Waals surface area contributed by atoms with Gasteiger partial charge >= 0.3 is 0 Å². The van der Waals surface area contributed by atoms with Gasteiger partial charge in [0, 0.05) is 11.3 Å². The fraction of sp³-hybridized carbons (Fsp3) is 0.333. The van der Waals surface area contributed by atoms with Gasteiger partial charge in [0.2, 0.25) is 0 Å². The number of hydrogen-bond donors (Lipinski definition) is 3. The molecule has 0 saturated carbocycles. The van der Waals surface area contributed by atoms with Crippen LogP contribution in [0.2, 0.25) is 0 Å². The summed E-state index contributed by atoms with van der Waals surface area (Å²) in [5.74, 6) is -0.821. The quantitative estimate of drug-likeness (QED) is 0.530. The Hall–Kier alpha value is -2.84. The molecule has 0 bridgehead atoms. The summed E-state index contributed by atoms with van der Waals surface area (Å²) in [7, 11) is -4.11. The van der Waals surface area contributed by atoms with Gasteiger partial charge in [-0.1, -0.05) is 45.0 Å². The number of sulfonamides is 1. The highest BCUT2D eigenvalue weighted by atomic mass is 35.5. The van der Waals surface area contributed by atoms with E-state index < -0.39 is 15.4 Å². The van der Waals surface area contributed by atoms with Gasteiger partial charge in [0.1, 0.15) is 16.2 Å². The SMILES string of the molecule is CC(C)(C)CC[C@@]1(C)C(=O)C(C2=NS(=O)(=O)c3cc(N)ccc3N2)=C(O)c2ccccc21.Cl. The maximum absolute atomic E-state index is 13.9. The minimum absolute atomic E-state index is 0. The van der Waals surface area contributed by atoms with E-state index in [2.05, 4.69) is 30.5 Å². The van der Waals surface area contributed by atoms with Gasteiger partial charge in [0.05, 0.1) is 11.1 Å².